The van der Waals surface area contributed by atoms with E-state index < -0.39 is 12.0 Å². The van der Waals surface area contributed by atoms with Crippen LogP contribution in [0.4, 0.5) is 0 Å². The van der Waals surface area contributed by atoms with Gasteiger partial charge in [0.05, 0.1) is 30.8 Å². The number of carboxylic acid groups (broad SMARTS) is 1. The summed E-state index contributed by atoms with van der Waals surface area (Å²) < 4.78 is 7.79. The minimum absolute atomic E-state index is 0.115. The first-order valence-electron chi connectivity index (χ1n) is 12.6. The van der Waals surface area contributed by atoms with Gasteiger partial charge in [0.1, 0.15) is 5.75 Å². The Morgan fingerprint density at radius 3 is 2.86 bits per heavy atom. The Labute approximate surface area is 214 Å². The first kappa shape index (κ1) is 23.1. The third-order valence-corrected chi connectivity index (χ3v) is 6.95. The van der Waals surface area contributed by atoms with E-state index in [1.807, 2.05) is 36.4 Å². The van der Waals surface area contributed by atoms with Gasteiger partial charge in [-0.1, -0.05) is 6.07 Å². The molecule has 0 fully saturated rings. The topological polar surface area (TPSA) is 103 Å². The molecule has 1 unspecified atom stereocenters. The van der Waals surface area contributed by atoms with Crippen LogP contribution in [0.1, 0.15) is 47.8 Å². The number of aromatic nitrogens is 5. The maximum absolute atomic E-state index is 11.7. The molecule has 8 heteroatoms. The minimum Gasteiger partial charge on any atom is -0.493 e. The number of benzene rings is 1. The van der Waals surface area contributed by atoms with Gasteiger partial charge in [-0.25, -0.2) is 9.97 Å². The summed E-state index contributed by atoms with van der Waals surface area (Å²) in [6, 6.07) is 15.3. The second kappa shape index (κ2) is 9.97. The molecule has 0 amide bonds. The molecular formula is C29H27N5O3. The molecular weight excluding hydrogens is 466 g/mol. The van der Waals surface area contributed by atoms with Crippen molar-refractivity contribution in [2.75, 3.05) is 6.61 Å². The van der Waals surface area contributed by atoms with Gasteiger partial charge in [0.25, 0.3) is 0 Å². The fraction of sp³-hybridized carbons (Fsp3) is 0.276. The summed E-state index contributed by atoms with van der Waals surface area (Å²) in [7, 11) is 0. The summed E-state index contributed by atoms with van der Waals surface area (Å²) in [4.78, 5) is 25.3. The molecule has 1 aromatic carbocycles. The summed E-state index contributed by atoms with van der Waals surface area (Å²) >= 11 is 0. The smallest absolute Gasteiger partial charge is 0.305 e. The number of carboxylic acids is 1. The van der Waals surface area contributed by atoms with Crippen molar-refractivity contribution in [3.63, 3.8) is 0 Å². The number of hydrogen-bond acceptors (Lipinski definition) is 6. The monoisotopic (exact) mass is 493 g/mol. The van der Waals surface area contributed by atoms with E-state index in [0.29, 0.717) is 12.3 Å². The van der Waals surface area contributed by atoms with Crippen LogP contribution < -0.4 is 4.74 Å². The highest BCUT2D eigenvalue weighted by Gasteiger charge is 2.22. The maximum Gasteiger partial charge on any atom is 0.305 e. The van der Waals surface area contributed by atoms with E-state index in [0.717, 1.165) is 52.6 Å². The van der Waals surface area contributed by atoms with E-state index in [4.69, 9.17) is 9.72 Å². The fourth-order valence-corrected chi connectivity index (χ4v) is 5.09. The summed E-state index contributed by atoms with van der Waals surface area (Å²) in [5.41, 5.74) is 5.91. The third-order valence-electron chi connectivity index (χ3n) is 6.95. The molecule has 0 radical (unpaired) electrons. The number of ether oxygens (including phenoxy) is 1. The standard InChI is InChI=1S/C29H27N5O3/c35-28(36)16-27(21-14-20-5-3-12-30-29(20)31-17-21)34-26-10-9-24(15-22(26)18-32-34)37-13-11-23-8-7-19-4-1-2-6-25(19)33-23/h3,5,7-10,12,14-15,17-18,27H,1-2,4,6,11,13,16H2,(H,35,36). The summed E-state index contributed by atoms with van der Waals surface area (Å²) in [6.45, 7) is 0.532. The lowest BCUT2D eigenvalue weighted by atomic mass is 9.96. The molecule has 4 heterocycles. The summed E-state index contributed by atoms with van der Waals surface area (Å²) in [5.74, 6) is -0.158. The van der Waals surface area contributed by atoms with E-state index in [-0.39, 0.29) is 6.42 Å². The van der Waals surface area contributed by atoms with Crippen molar-refractivity contribution in [3.8, 4) is 5.75 Å². The van der Waals surface area contributed by atoms with Crippen LogP contribution in [0.3, 0.4) is 0 Å². The van der Waals surface area contributed by atoms with E-state index in [1.54, 1.807) is 23.3 Å². The van der Waals surface area contributed by atoms with Crippen molar-refractivity contribution < 1.29 is 14.6 Å². The molecule has 5 aromatic rings. The van der Waals surface area contributed by atoms with Gasteiger partial charge in [-0.05, 0) is 79.3 Å². The van der Waals surface area contributed by atoms with Crippen molar-refractivity contribution in [1.82, 2.24) is 24.7 Å². The number of rotatable bonds is 8. The zero-order chi connectivity index (χ0) is 25.2. The number of pyridine rings is 3. The zero-order valence-electron chi connectivity index (χ0n) is 20.4. The van der Waals surface area contributed by atoms with Crippen LogP contribution in [0.2, 0.25) is 0 Å². The highest BCUT2D eigenvalue weighted by molar-refractivity contribution is 5.81. The fourth-order valence-electron chi connectivity index (χ4n) is 5.09. The number of carbonyl (C=O) groups is 1. The van der Waals surface area contributed by atoms with E-state index >= 15 is 0 Å². The Bertz CT molecular complexity index is 1600. The predicted octanol–water partition coefficient (Wildman–Crippen LogP) is 4.94. The number of aryl methyl sites for hydroxylation is 2. The minimum atomic E-state index is -0.907. The SMILES string of the molecule is O=C(O)CC(c1cnc2ncccc2c1)n1ncc2cc(OCCc3ccc4c(n3)CCCC4)ccc21. The normalized spacial score (nSPS) is 13.9. The van der Waals surface area contributed by atoms with Gasteiger partial charge >= 0.3 is 5.97 Å². The van der Waals surface area contributed by atoms with Crippen LogP contribution in [-0.4, -0.2) is 42.4 Å². The van der Waals surface area contributed by atoms with Crippen molar-refractivity contribution >= 4 is 27.9 Å². The molecule has 37 heavy (non-hydrogen) atoms. The first-order valence-corrected chi connectivity index (χ1v) is 12.6. The van der Waals surface area contributed by atoms with Crippen LogP contribution >= 0.6 is 0 Å². The predicted molar refractivity (Wildman–Crippen MR) is 140 cm³/mol. The summed E-state index contributed by atoms with van der Waals surface area (Å²) in [5, 5.41) is 15.9. The zero-order valence-corrected chi connectivity index (χ0v) is 20.4. The lowest BCUT2D eigenvalue weighted by Crippen LogP contribution is -2.16. The van der Waals surface area contributed by atoms with Gasteiger partial charge in [0.2, 0.25) is 0 Å². The van der Waals surface area contributed by atoms with E-state index in [9.17, 15) is 9.90 Å². The van der Waals surface area contributed by atoms with Crippen molar-refractivity contribution in [2.24, 2.45) is 0 Å². The molecule has 186 valence electrons. The van der Waals surface area contributed by atoms with Crippen LogP contribution in [0.15, 0.2) is 67.1 Å². The average molecular weight is 494 g/mol. The van der Waals surface area contributed by atoms with Crippen LogP contribution in [0, 0.1) is 0 Å². The van der Waals surface area contributed by atoms with E-state index in [1.165, 1.54) is 24.1 Å². The molecule has 8 nitrogen and oxygen atoms in total. The van der Waals surface area contributed by atoms with Gasteiger partial charge in [-0.3, -0.25) is 14.5 Å². The lowest BCUT2D eigenvalue weighted by Gasteiger charge is -2.18. The van der Waals surface area contributed by atoms with Crippen LogP contribution in [0.5, 0.6) is 5.75 Å². The van der Waals surface area contributed by atoms with Gasteiger partial charge in [0.15, 0.2) is 5.65 Å². The van der Waals surface area contributed by atoms with Crippen molar-refractivity contribution in [3.05, 3.63) is 89.6 Å². The Kier molecular flexibility index (Phi) is 6.22. The third kappa shape index (κ3) is 4.87. The number of nitrogens with zero attached hydrogens (tertiary/aromatic N) is 5. The van der Waals surface area contributed by atoms with Crippen molar-refractivity contribution in [1.29, 1.82) is 0 Å². The highest BCUT2D eigenvalue weighted by Crippen LogP contribution is 2.29. The summed E-state index contributed by atoms with van der Waals surface area (Å²) in [6.07, 6.45) is 10.4. The van der Waals surface area contributed by atoms with Gasteiger partial charge in [0, 0.05) is 41.0 Å². The molecule has 1 aliphatic carbocycles. The second-order valence-electron chi connectivity index (χ2n) is 9.46. The average Bonchev–Trinajstić information content (AvgIpc) is 3.34. The highest BCUT2D eigenvalue weighted by atomic mass is 16.5. The Hall–Kier alpha value is -4.33. The van der Waals surface area contributed by atoms with Crippen molar-refractivity contribution in [2.45, 2.75) is 44.6 Å². The largest absolute Gasteiger partial charge is 0.493 e. The Morgan fingerprint density at radius 1 is 1.03 bits per heavy atom. The Morgan fingerprint density at radius 2 is 1.95 bits per heavy atom. The molecule has 0 saturated carbocycles. The molecule has 0 aliphatic heterocycles. The van der Waals surface area contributed by atoms with Crippen LogP contribution in [0.25, 0.3) is 21.9 Å². The second-order valence-corrected chi connectivity index (χ2v) is 9.46. The number of hydrogen-bond donors (Lipinski definition) is 1. The van der Waals surface area contributed by atoms with Crippen LogP contribution in [-0.2, 0) is 24.1 Å². The molecule has 0 saturated heterocycles. The molecule has 0 spiro atoms. The van der Waals surface area contributed by atoms with E-state index in [2.05, 4.69) is 27.2 Å². The molecule has 4 aromatic heterocycles. The molecule has 6 rings (SSSR count). The molecule has 0 bridgehead atoms. The lowest BCUT2D eigenvalue weighted by molar-refractivity contribution is -0.137. The molecule has 1 atom stereocenters. The maximum atomic E-state index is 11.7. The van der Waals surface area contributed by atoms with Gasteiger partial charge < -0.3 is 9.84 Å². The number of aliphatic carboxylic acids is 1. The van der Waals surface area contributed by atoms with Gasteiger partial charge in [-0.15, -0.1) is 0 Å². The quantitative estimate of drug-likeness (QED) is 0.327. The molecule has 1 aliphatic rings. The van der Waals surface area contributed by atoms with Gasteiger partial charge in [-0.2, -0.15) is 5.10 Å². The first-order chi connectivity index (χ1) is 18.1. The number of fused-ring (bicyclic) bond motifs is 3. The Balaban J connectivity index is 1.21. The molecule has 1 N–H and O–H groups in total.